The summed E-state index contributed by atoms with van der Waals surface area (Å²) < 4.78 is 11.0. The van der Waals surface area contributed by atoms with E-state index < -0.39 is 0 Å². The van der Waals surface area contributed by atoms with Gasteiger partial charge in [-0.25, -0.2) is 0 Å². The maximum Gasteiger partial charge on any atom is 0.237 e. The summed E-state index contributed by atoms with van der Waals surface area (Å²) in [7, 11) is 3.29. The van der Waals surface area contributed by atoms with Crippen LogP contribution in [0.2, 0.25) is 0 Å². The van der Waals surface area contributed by atoms with Crippen LogP contribution in [0.3, 0.4) is 0 Å². The van der Waals surface area contributed by atoms with Crippen molar-refractivity contribution >= 4 is 6.29 Å². The van der Waals surface area contributed by atoms with Crippen molar-refractivity contribution in [2.45, 2.75) is 43.9 Å². The van der Waals surface area contributed by atoms with Gasteiger partial charge in [-0.05, 0) is 67.8 Å². The lowest BCUT2D eigenvalue weighted by Gasteiger charge is -2.57. The minimum absolute atomic E-state index is 0.206. The number of hydrogen-bond acceptors (Lipinski definition) is 3. The summed E-state index contributed by atoms with van der Waals surface area (Å²) in [6, 6.07) is 3.85. The third kappa shape index (κ3) is 1.98. The largest absolute Gasteiger partial charge is 0.496 e. The first-order valence-electron chi connectivity index (χ1n) is 8.32. The Labute approximate surface area is 132 Å². The predicted octanol–water partition coefficient (Wildman–Crippen LogP) is 3.63. The van der Waals surface area contributed by atoms with E-state index in [1.807, 2.05) is 18.4 Å². The fraction of sp³-hybridized carbons (Fsp3) is 0.632. The first-order valence-corrected chi connectivity index (χ1v) is 8.32. The predicted molar refractivity (Wildman–Crippen MR) is 84.2 cm³/mol. The van der Waals surface area contributed by atoms with Crippen molar-refractivity contribution in [2.75, 3.05) is 14.2 Å². The fourth-order valence-corrected chi connectivity index (χ4v) is 5.83. The molecule has 4 aliphatic rings. The Hall–Kier alpha value is -1.51. The summed E-state index contributed by atoms with van der Waals surface area (Å²) in [6.45, 7) is 0. The first kappa shape index (κ1) is 14.1. The summed E-state index contributed by atoms with van der Waals surface area (Å²) in [6.07, 6.45) is 10.0. The monoisotopic (exact) mass is 299 g/mol. The van der Waals surface area contributed by atoms with E-state index in [-0.39, 0.29) is 5.41 Å². The highest BCUT2D eigenvalue weighted by Gasteiger charge is 2.52. The molecular formula is C19H23O3. The van der Waals surface area contributed by atoms with Crippen LogP contribution in [0.15, 0.2) is 12.1 Å². The molecule has 0 unspecified atom stereocenters. The van der Waals surface area contributed by atoms with Crippen molar-refractivity contribution in [1.82, 2.24) is 0 Å². The molecule has 3 heteroatoms. The first-order chi connectivity index (χ1) is 10.7. The van der Waals surface area contributed by atoms with Crippen LogP contribution in [-0.4, -0.2) is 20.5 Å². The van der Waals surface area contributed by atoms with Gasteiger partial charge in [-0.3, -0.25) is 4.79 Å². The van der Waals surface area contributed by atoms with Crippen LogP contribution in [0.1, 0.15) is 49.7 Å². The van der Waals surface area contributed by atoms with E-state index in [9.17, 15) is 4.79 Å². The number of benzene rings is 1. The molecule has 117 valence electrons. The highest BCUT2D eigenvalue weighted by Crippen LogP contribution is 2.62. The van der Waals surface area contributed by atoms with Crippen LogP contribution >= 0.6 is 0 Å². The van der Waals surface area contributed by atoms with Gasteiger partial charge in [-0.2, -0.15) is 0 Å². The maximum atomic E-state index is 11.3. The van der Waals surface area contributed by atoms with Crippen molar-refractivity contribution in [3.8, 4) is 11.5 Å². The molecule has 1 radical (unpaired) electrons. The maximum absolute atomic E-state index is 11.3. The summed E-state index contributed by atoms with van der Waals surface area (Å²) in [5.74, 6) is 4.02. The van der Waals surface area contributed by atoms with Gasteiger partial charge in [0.2, 0.25) is 6.29 Å². The van der Waals surface area contributed by atoms with E-state index in [0.29, 0.717) is 11.3 Å². The summed E-state index contributed by atoms with van der Waals surface area (Å²) >= 11 is 0. The number of rotatable bonds is 4. The second-order valence-electron chi connectivity index (χ2n) is 7.55. The fourth-order valence-electron chi connectivity index (χ4n) is 5.83. The molecule has 0 saturated heterocycles. The summed E-state index contributed by atoms with van der Waals surface area (Å²) in [5.41, 5.74) is 1.94. The molecule has 0 heterocycles. The zero-order valence-electron chi connectivity index (χ0n) is 13.4. The molecule has 4 bridgehead atoms. The number of hydrogen-bond donors (Lipinski definition) is 0. The van der Waals surface area contributed by atoms with Crippen molar-refractivity contribution in [3.63, 3.8) is 0 Å². The van der Waals surface area contributed by atoms with Gasteiger partial charge in [-0.15, -0.1) is 0 Å². The molecule has 3 nitrogen and oxygen atoms in total. The number of methoxy groups -OCH3 is 2. The number of carbonyl (C=O) groups excluding carboxylic acids is 1. The van der Waals surface area contributed by atoms with Crippen molar-refractivity contribution in [2.24, 2.45) is 17.8 Å². The average Bonchev–Trinajstić information content (AvgIpc) is 2.52. The molecule has 0 N–H and O–H groups in total. The second kappa shape index (κ2) is 5.00. The van der Waals surface area contributed by atoms with E-state index in [2.05, 4.69) is 0 Å². The van der Waals surface area contributed by atoms with Gasteiger partial charge >= 0.3 is 0 Å². The van der Waals surface area contributed by atoms with Crippen molar-refractivity contribution < 1.29 is 14.3 Å². The average molecular weight is 299 g/mol. The van der Waals surface area contributed by atoms with Crippen LogP contribution < -0.4 is 9.47 Å². The zero-order chi connectivity index (χ0) is 15.3. The summed E-state index contributed by atoms with van der Waals surface area (Å²) in [4.78, 5) is 11.3. The highest BCUT2D eigenvalue weighted by molar-refractivity contribution is 5.81. The minimum atomic E-state index is 0.206. The topological polar surface area (TPSA) is 35.5 Å². The van der Waals surface area contributed by atoms with Gasteiger partial charge in [0.15, 0.2) is 0 Å². The molecular weight excluding hydrogens is 276 g/mol. The Balaban J connectivity index is 1.83. The van der Waals surface area contributed by atoms with Crippen molar-refractivity contribution in [1.29, 1.82) is 0 Å². The van der Waals surface area contributed by atoms with Gasteiger partial charge in [0, 0.05) is 11.6 Å². The standard InChI is InChI=1S/C19H23O3/c1-21-17-7-18(22-2)16(6-15(17)11-20)19-8-12-3-13(9-19)5-14(4-12)10-19/h6-7,12-14H,3-5,8-10H2,1-2H3. The molecule has 0 amide bonds. The lowest BCUT2D eigenvalue weighted by Crippen LogP contribution is -2.48. The van der Waals surface area contributed by atoms with E-state index >= 15 is 0 Å². The molecule has 22 heavy (non-hydrogen) atoms. The van der Waals surface area contributed by atoms with Gasteiger partial charge in [-0.1, -0.05) is 0 Å². The van der Waals surface area contributed by atoms with E-state index in [4.69, 9.17) is 9.47 Å². The molecule has 0 atom stereocenters. The van der Waals surface area contributed by atoms with Crippen LogP contribution in [0.25, 0.3) is 0 Å². The lowest BCUT2D eigenvalue weighted by molar-refractivity contribution is -0.00618. The minimum Gasteiger partial charge on any atom is -0.496 e. The molecule has 1 aromatic rings. The third-order valence-corrected chi connectivity index (χ3v) is 6.24. The quantitative estimate of drug-likeness (QED) is 0.851. The zero-order valence-corrected chi connectivity index (χ0v) is 13.4. The van der Waals surface area contributed by atoms with Gasteiger partial charge < -0.3 is 9.47 Å². The summed E-state index contributed by atoms with van der Waals surface area (Å²) in [5, 5.41) is 0. The highest BCUT2D eigenvalue weighted by atomic mass is 16.5. The van der Waals surface area contributed by atoms with E-state index in [1.165, 1.54) is 44.1 Å². The number of ether oxygens (including phenoxy) is 2. The normalized spacial score (nSPS) is 35.5. The van der Waals surface area contributed by atoms with Crippen LogP contribution in [0.4, 0.5) is 0 Å². The molecule has 4 saturated carbocycles. The molecule has 0 aromatic heterocycles. The van der Waals surface area contributed by atoms with E-state index in [1.54, 1.807) is 14.2 Å². The molecule has 1 aromatic carbocycles. The van der Waals surface area contributed by atoms with Gasteiger partial charge in [0.1, 0.15) is 11.5 Å². The molecule has 4 fully saturated rings. The smallest absolute Gasteiger partial charge is 0.237 e. The Kier molecular flexibility index (Phi) is 3.21. The molecule has 4 aliphatic carbocycles. The Morgan fingerprint density at radius 2 is 1.50 bits per heavy atom. The SMILES string of the molecule is COc1cc(OC)c(C23CC4CC(CC(C4)C2)C3)cc1[C]=O. The second-order valence-corrected chi connectivity index (χ2v) is 7.55. The molecule has 0 aliphatic heterocycles. The Morgan fingerprint density at radius 1 is 0.955 bits per heavy atom. The molecule has 0 spiro atoms. The lowest BCUT2D eigenvalue weighted by atomic mass is 9.48. The van der Waals surface area contributed by atoms with Crippen molar-refractivity contribution in [3.05, 3.63) is 23.3 Å². The van der Waals surface area contributed by atoms with Gasteiger partial charge in [0.05, 0.1) is 19.8 Å². The van der Waals surface area contributed by atoms with Crippen LogP contribution in [0.5, 0.6) is 11.5 Å². The Morgan fingerprint density at radius 3 is 1.95 bits per heavy atom. The molecule has 5 rings (SSSR count). The van der Waals surface area contributed by atoms with Crippen LogP contribution in [-0.2, 0) is 10.2 Å². The van der Waals surface area contributed by atoms with E-state index in [0.717, 1.165) is 23.5 Å². The third-order valence-electron chi connectivity index (χ3n) is 6.24. The Bertz CT molecular complexity index is 570. The van der Waals surface area contributed by atoms with Crippen LogP contribution in [0, 0.1) is 17.8 Å². The van der Waals surface area contributed by atoms with Gasteiger partial charge in [0.25, 0.3) is 0 Å².